The fourth-order valence-corrected chi connectivity index (χ4v) is 4.26. The van der Waals surface area contributed by atoms with E-state index in [9.17, 15) is 4.79 Å². The Labute approximate surface area is 145 Å². The van der Waals surface area contributed by atoms with E-state index < -0.39 is 0 Å². The minimum absolute atomic E-state index is 0. The van der Waals surface area contributed by atoms with Gasteiger partial charge in [0.25, 0.3) is 0 Å². The molecule has 0 saturated carbocycles. The van der Waals surface area contributed by atoms with Crippen molar-refractivity contribution < 1.29 is 4.79 Å². The lowest BCUT2D eigenvalue weighted by Crippen LogP contribution is -2.42. The summed E-state index contributed by atoms with van der Waals surface area (Å²) in [5.74, 6) is 0.895. The SMILES string of the molecule is CC(N)C1CCN(C(=O)CCCc2ccc(Br)s2)CC1.Cl. The molecule has 1 aliphatic rings. The number of hydrogen-bond donors (Lipinski definition) is 1. The maximum absolute atomic E-state index is 12.2. The van der Waals surface area contributed by atoms with Gasteiger partial charge in [0.15, 0.2) is 0 Å². The van der Waals surface area contributed by atoms with Crippen LogP contribution >= 0.6 is 39.7 Å². The second-order valence-electron chi connectivity index (χ2n) is 5.64. The van der Waals surface area contributed by atoms with Gasteiger partial charge in [-0.25, -0.2) is 0 Å². The molecule has 2 N–H and O–H groups in total. The van der Waals surface area contributed by atoms with E-state index in [-0.39, 0.29) is 18.4 Å². The van der Waals surface area contributed by atoms with Crippen molar-refractivity contribution in [3.05, 3.63) is 20.8 Å². The minimum atomic E-state index is 0. The number of aryl methyl sites for hydroxylation is 1. The zero-order valence-corrected chi connectivity index (χ0v) is 15.6. The molecular formula is C15H24BrClN2OS. The molecule has 1 atom stereocenters. The lowest BCUT2D eigenvalue weighted by Gasteiger charge is -2.33. The number of amides is 1. The molecule has 1 amide bonds. The first-order valence-electron chi connectivity index (χ1n) is 7.34. The summed E-state index contributed by atoms with van der Waals surface area (Å²) in [6.45, 7) is 3.84. The Balaban J connectivity index is 0.00000220. The quantitative estimate of drug-likeness (QED) is 0.823. The Morgan fingerprint density at radius 3 is 2.67 bits per heavy atom. The van der Waals surface area contributed by atoms with E-state index in [1.165, 1.54) is 4.88 Å². The van der Waals surface area contributed by atoms with E-state index >= 15 is 0 Å². The number of carbonyl (C=O) groups is 1. The molecule has 1 fully saturated rings. The van der Waals surface area contributed by atoms with Gasteiger partial charge in [-0.2, -0.15) is 0 Å². The Bertz CT molecular complexity index is 445. The standard InChI is InChI=1S/C15H23BrN2OS.ClH/c1-11(17)12-7-9-18(10-8-12)15(19)4-2-3-13-5-6-14(16)20-13;/h5-6,11-12H,2-4,7-10,17H2,1H3;1H. The molecule has 0 radical (unpaired) electrons. The number of carbonyl (C=O) groups excluding carboxylic acids is 1. The third-order valence-corrected chi connectivity index (χ3v) is 5.76. The lowest BCUT2D eigenvalue weighted by molar-refractivity contribution is -0.132. The zero-order valence-electron chi connectivity index (χ0n) is 12.4. The fourth-order valence-electron chi connectivity index (χ4n) is 2.73. The molecule has 0 aromatic carbocycles. The number of halogens is 2. The van der Waals surface area contributed by atoms with Gasteiger partial charge in [-0.3, -0.25) is 4.79 Å². The molecule has 0 aliphatic carbocycles. The summed E-state index contributed by atoms with van der Waals surface area (Å²) < 4.78 is 1.16. The second-order valence-corrected chi connectivity index (χ2v) is 8.18. The van der Waals surface area contributed by atoms with Crippen LogP contribution in [0.25, 0.3) is 0 Å². The minimum Gasteiger partial charge on any atom is -0.343 e. The van der Waals surface area contributed by atoms with Crippen LogP contribution < -0.4 is 5.73 Å². The predicted molar refractivity (Wildman–Crippen MR) is 95.2 cm³/mol. The van der Waals surface area contributed by atoms with Crippen molar-refractivity contribution in [1.82, 2.24) is 4.90 Å². The molecule has 2 heterocycles. The first-order valence-corrected chi connectivity index (χ1v) is 8.95. The Morgan fingerprint density at radius 1 is 1.48 bits per heavy atom. The highest BCUT2D eigenvalue weighted by Gasteiger charge is 2.24. The number of rotatable bonds is 5. The molecule has 120 valence electrons. The molecule has 0 bridgehead atoms. The summed E-state index contributed by atoms with van der Waals surface area (Å²) in [5, 5.41) is 0. The van der Waals surface area contributed by atoms with Crippen molar-refractivity contribution in [2.24, 2.45) is 11.7 Å². The van der Waals surface area contributed by atoms with Gasteiger partial charge >= 0.3 is 0 Å². The van der Waals surface area contributed by atoms with Gasteiger partial charge in [0.05, 0.1) is 3.79 Å². The number of nitrogens with two attached hydrogens (primary N) is 1. The molecule has 1 aliphatic heterocycles. The van der Waals surface area contributed by atoms with Crippen LogP contribution in [0.4, 0.5) is 0 Å². The molecule has 1 aromatic rings. The van der Waals surface area contributed by atoms with Crippen molar-refractivity contribution in [1.29, 1.82) is 0 Å². The van der Waals surface area contributed by atoms with Crippen molar-refractivity contribution in [2.45, 2.75) is 45.1 Å². The first kappa shape index (κ1) is 18.9. The van der Waals surface area contributed by atoms with Crippen molar-refractivity contribution >= 4 is 45.6 Å². The molecule has 3 nitrogen and oxygen atoms in total. The van der Waals surface area contributed by atoms with Crippen LogP contribution in [-0.2, 0) is 11.2 Å². The topological polar surface area (TPSA) is 46.3 Å². The Hall–Kier alpha value is -0.100. The second kappa shape index (κ2) is 9.13. The summed E-state index contributed by atoms with van der Waals surface area (Å²) in [6, 6.07) is 4.46. The summed E-state index contributed by atoms with van der Waals surface area (Å²) >= 11 is 5.22. The van der Waals surface area contributed by atoms with Crippen molar-refractivity contribution in [2.75, 3.05) is 13.1 Å². The smallest absolute Gasteiger partial charge is 0.222 e. The van der Waals surface area contributed by atoms with E-state index in [0.717, 1.165) is 42.6 Å². The van der Waals surface area contributed by atoms with Gasteiger partial charge in [0, 0.05) is 30.4 Å². The van der Waals surface area contributed by atoms with Crippen LogP contribution in [0.15, 0.2) is 15.9 Å². The van der Waals surface area contributed by atoms with Crippen LogP contribution in [0.2, 0.25) is 0 Å². The normalized spacial score (nSPS) is 17.4. The van der Waals surface area contributed by atoms with E-state index in [2.05, 4.69) is 35.0 Å². The highest BCUT2D eigenvalue weighted by Crippen LogP contribution is 2.24. The molecular weight excluding hydrogens is 372 g/mol. The summed E-state index contributed by atoms with van der Waals surface area (Å²) in [4.78, 5) is 15.5. The average molecular weight is 396 g/mol. The van der Waals surface area contributed by atoms with Crippen LogP contribution in [0.5, 0.6) is 0 Å². The highest BCUT2D eigenvalue weighted by molar-refractivity contribution is 9.11. The molecule has 1 unspecified atom stereocenters. The maximum Gasteiger partial charge on any atom is 0.222 e. The van der Waals surface area contributed by atoms with Crippen LogP contribution in [0.1, 0.15) is 37.5 Å². The summed E-state index contributed by atoms with van der Waals surface area (Å²) in [7, 11) is 0. The number of thiophene rings is 1. The summed E-state index contributed by atoms with van der Waals surface area (Å²) in [6.07, 6.45) is 4.72. The molecule has 21 heavy (non-hydrogen) atoms. The number of likely N-dealkylation sites (tertiary alicyclic amines) is 1. The van der Waals surface area contributed by atoms with Crippen molar-refractivity contribution in [3.8, 4) is 0 Å². The Kier molecular flexibility index (Phi) is 8.24. The molecule has 1 saturated heterocycles. The predicted octanol–water partition coefficient (Wildman–Crippen LogP) is 3.84. The number of nitrogens with zero attached hydrogens (tertiary/aromatic N) is 1. The van der Waals surface area contributed by atoms with Gasteiger partial charge < -0.3 is 10.6 Å². The van der Waals surface area contributed by atoms with E-state index in [4.69, 9.17) is 5.73 Å². The van der Waals surface area contributed by atoms with Gasteiger partial charge in [-0.15, -0.1) is 23.7 Å². The van der Waals surface area contributed by atoms with E-state index in [0.29, 0.717) is 18.2 Å². The third kappa shape index (κ3) is 5.89. The summed E-state index contributed by atoms with van der Waals surface area (Å²) in [5.41, 5.74) is 5.93. The fraction of sp³-hybridized carbons (Fsp3) is 0.667. The van der Waals surface area contributed by atoms with Crippen LogP contribution in [-0.4, -0.2) is 29.9 Å². The van der Waals surface area contributed by atoms with Gasteiger partial charge in [-0.1, -0.05) is 0 Å². The van der Waals surface area contributed by atoms with E-state index in [1.54, 1.807) is 11.3 Å². The average Bonchev–Trinajstić information content (AvgIpc) is 2.84. The highest BCUT2D eigenvalue weighted by atomic mass is 79.9. The van der Waals surface area contributed by atoms with E-state index in [1.807, 2.05) is 4.90 Å². The lowest BCUT2D eigenvalue weighted by atomic mass is 9.91. The number of piperidine rings is 1. The molecule has 2 rings (SSSR count). The van der Waals surface area contributed by atoms with Crippen molar-refractivity contribution in [3.63, 3.8) is 0 Å². The maximum atomic E-state index is 12.2. The van der Waals surface area contributed by atoms with Gasteiger partial charge in [0.2, 0.25) is 5.91 Å². The third-order valence-electron chi connectivity index (χ3n) is 4.08. The largest absolute Gasteiger partial charge is 0.343 e. The first-order chi connectivity index (χ1) is 9.56. The molecule has 0 spiro atoms. The monoisotopic (exact) mass is 394 g/mol. The Morgan fingerprint density at radius 2 is 2.14 bits per heavy atom. The van der Waals surface area contributed by atoms with Crippen LogP contribution in [0.3, 0.4) is 0 Å². The zero-order chi connectivity index (χ0) is 14.5. The molecule has 1 aromatic heterocycles. The van der Waals surface area contributed by atoms with Crippen LogP contribution in [0, 0.1) is 5.92 Å². The van der Waals surface area contributed by atoms with Gasteiger partial charge in [0.1, 0.15) is 0 Å². The number of hydrogen-bond acceptors (Lipinski definition) is 3. The molecule has 6 heteroatoms. The van der Waals surface area contributed by atoms with Gasteiger partial charge in [-0.05, 0) is 66.6 Å².